The highest BCUT2D eigenvalue weighted by molar-refractivity contribution is 5.95. The molecule has 4 nitrogen and oxygen atoms in total. The molecule has 0 saturated heterocycles. The molecule has 0 radical (unpaired) electrons. The summed E-state index contributed by atoms with van der Waals surface area (Å²) in [5, 5.41) is 0. The first-order valence-electron chi connectivity index (χ1n) is 20.4. The fourth-order valence-corrected chi connectivity index (χ4v) is 9.61. The summed E-state index contributed by atoms with van der Waals surface area (Å²) in [6, 6.07) is 79.3. The monoisotopic (exact) mass is 772 g/mol. The van der Waals surface area contributed by atoms with E-state index in [-0.39, 0.29) is 0 Å². The van der Waals surface area contributed by atoms with Crippen LogP contribution in [0.3, 0.4) is 0 Å². The lowest BCUT2D eigenvalue weighted by Gasteiger charge is -2.32. The predicted octanol–water partition coefficient (Wildman–Crippen LogP) is 14.8. The molecule has 11 rings (SSSR count). The Bertz CT molecular complexity index is 2860. The molecule has 0 unspecified atom stereocenters. The number of benzene rings is 9. The van der Waals surface area contributed by atoms with Crippen LogP contribution in [0.5, 0.6) is 17.2 Å². The number of rotatable bonds is 9. The molecular formula is C56H40N2O2. The molecule has 286 valence electrons. The van der Waals surface area contributed by atoms with Crippen molar-refractivity contribution in [1.29, 1.82) is 0 Å². The molecule has 0 N–H and O–H groups in total. The number of anilines is 6. The third kappa shape index (κ3) is 5.45. The zero-order valence-electron chi connectivity index (χ0n) is 33.1. The van der Waals surface area contributed by atoms with Gasteiger partial charge in [0.05, 0.1) is 23.9 Å². The number of methoxy groups -OCH3 is 1. The molecule has 1 spiro atoms. The van der Waals surface area contributed by atoms with Crippen molar-refractivity contribution in [3.05, 3.63) is 247 Å². The molecule has 0 aromatic heterocycles. The Balaban J connectivity index is 1.16. The van der Waals surface area contributed by atoms with Crippen molar-refractivity contribution in [2.45, 2.75) is 5.41 Å². The fraction of sp³-hybridized carbons (Fsp3) is 0.0357. The third-order valence-corrected chi connectivity index (χ3v) is 12.0. The SMILES string of the molecule is COc1c(N(c2ccccc2)c2ccccc2)ccc(N(c2ccccc2)c2ccccc2)c1Oc1ccc2c(c1)C1(c3ccccc3-c3ccccc31)c1ccccc1-2. The van der Waals surface area contributed by atoms with Crippen LogP contribution in [0, 0.1) is 0 Å². The van der Waals surface area contributed by atoms with Gasteiger partial charge in [0.25, 0.3) is 0 Å². The molecule has 0 amide bonds. The zero-order valence-corrected chi connectivity index (χ0v) is 33.1. The highest BCUT2D eigenvalue weighted by atomic mass is 16.5. The van der Waals surface area contributed by atoms with Crippen molar-refractivity contribution in [3.63, 3.8) is 0 Å². The third-order valence-electron chi connectivity index (χ3n) is 12.0. The molecule has 4 heteroatoms. The van der Waals surface area contributed by atoms with Gasteiger partial charge in [0.15, 0.2) is 11.5 Å². The molecule has 60 heavy (non-hydrogen) atoms. The van der Waals surface area contributed by atoms with E-state index >= 15 is 0 Å². The van der Waals surface area contributed by atoms with E-state index in [0.717, 1.165) is 34.1 Å². The molecular weight excluding hydrogens is 733 g/mol. The van der Waals surface area contributed by atoms with Gasteiger partial charge in [0.2, 0.25) is 0 Å². The average molecular weight is 773 g/mol. The maximum atomic E-state index is 7.43. The normalized spacial score (nSPS) is 12.6. The smallest absolute Gasteiger partial charge is 0.195 e. The first kappa shape index (κ1) is 35.4. The van der Waals surface area contributed by atoms with Gasteiger partial charge in [-0.3, -0.25) is 0 Å². The minimum absolute atomic E-state index is 0.509. The van der Waals surface area contributed by atoms with Crippen LogP contribution in [0.1, 0.15) is 22.3 Å². The van der Waals surface area contributed by atoms with E-state index in [1.807, 2.05) is 24.3 Å². The molecule has 9 aromatic carbocycles. The van der Waals surface area contributed by atoms with Crippen LogP contribution in [0.15, 0.2) is 224 Å². The summed E-state index contributed by atoms with van der Waals surface area (Å²) in [6.45, 7) is 0. The first-order chi connectivity index (χ1) is 29.8. The van der Waals surface area contributed by atoms with E-state index in [4.69, 9.17) is 9.47 Å². The van der Waals surface area contributed by atoms with Gasteiger partial charge in [-0.1, -0.05) is 152 Å². The van der Waals surface area contributed by atoms with Crippen molar-refractivity contribution < 1.29 is 9.47 Å². The van der Waals surface area contributed by atoms with Gasteiger partial charge in [-0.15, -0.1) is 0 Å². The van der Waals surface area contributed by atoms with Crippen LogP contribution < -0.4 is 19.3 Å². The highest BCUT2D eigenvalue weighted by Crippen LogP contribution is 2.63. The zero-order chi connectivity index (χ0) is 40.0. The quantitative estimate of drug-likeness (QED) is 0.146. The first-order valence-corrected chi connectivity index (χ1v) is 20.4. The van der Waals surface area contributed by atoms with E-state index in [2.05, 4.69) is 210 Å². The van der Waals surface area contributed by atoms with Crippen molar-refractivity contribution >= 4 is 34.1 Å². The van der Waals surface area contributed by atoms with Crippen molar-refractivity contribution in [2.24, 2.45) is 0 Å². The van der Waals surface area contributed by atoms with Gasteiger partial charge in [-0.05, 0) is 117 Å². The van der Waals surface area contributed by atoms with Crippen molar-refractivity contribution in [3.8, 4) is 39.5 Å². The van der Waals surface area contributed by atoms with Gasteiger partial charge in [0, 0.05) is 22.7 Å². The van der Waals surface area contributed by atoms with Crippen LogP contribution >= 0.6 is 0 Å². The van der Waals surface area contributed by atoms with E-state index in [0.29, 0.717) is 17.2 Å². The molecule has 2 aliphatic rings. The van der Waals surface area contributed by atoms with Crippen LogP contribution in [0.2, 0.25) is 0 Å². The van der Waals surface area contributed by atoms with E-state index < -0.39 is 5.41 Å². The van der Waals surface area contributed by atoms with Crippen molar-refractivity contribution in [1.82, 2.24) is 0 Å². The number of ether oxygens (including phenoxy) is 2. The van der Waals surface area contributed by atoms with Gasteiger partial charge < -0.3 is 19.3 Å². The molecule has 2 aliphatic carbocycles. The Morgan fingerprint density at radius 1 is 0.333 bits per heavy atom. The number of nitrogens with zero attached hydrogens (tertiary/aromatic N) is 2. The van der Waals surface area contributed by atoms with Gasteiger partial charge in [-0.25, -0.2) is 0 Å². The Morgan fingerprint density at radius 2 is 0.683 bits per heavy atom. The lowest BCUT2D eigenvalue weighted by Crippen LogP contribution is -2.25. The average Bonchev–Trinajstić information content (AvgIpc) is 3.78. The summed E-state index contributed by atoms with van der Waals surface area (Å²) < 4.78 is 14.0. The summed E-state index contributed by atoms with van der Waals surface area (Å²) in [6.07, 6.45) is 0. The summed E-state index contributed by atoms with van der Waals surface area (Å²) in [5.74, 6) is 1.91. The van der Waals surface area contributed by atoms with Crippen LogP contribution in [0.4, 0.5) is 34.1 Å². The molecule has 0 saturated carbocycles. The molecule has 9 aromatic rings. The van der Waals surface area contributed by atoms with Crippen LogP contribution in [0.25, 0.3) is 22.3 Å². The molecule has 0 bridgehead atoms. The molecule has 0 aliphatic heterocycles. The Labute approximate surface area is 350 Å². The Kier molecular flexibility index (Phi) is 8.56. The minimum atomic E-state index is -0.509. The van der Waals surface area contributed by atoms with Crippen molar-refractivity contribution in [2.75, 3.05) is 16.9 Å². The fourth-order valence-electron chi connectivity index (χ4n) is 9.61. The van der Waals surface area contributed by atoms with Gasteiger partial charge >= 0.3 is 0 Å². The Hall–Kier alpha value is -7.82. The maximum absolute atomic E-state index is 7.43. The van der Waals surface area contributed by atoms with E-state index in [1.165, 1.54) is 44.5 Å². The lowest BCUT2D eigenvalue weighted by atomic mass is 9.70. The summed E-state index contributed by atoms with van der Waals surface area (Å²) >= 11 is 0. The summed E-state index contributed by atoms with van der Waals surface area (Å²) in [4.78, 5) is 4.47. The van der Waals surface area contributed by atoms with Gasteiger partial charge in [-0.2, -0.15) is 0 Å². The predicted molar refractivity (Wildman–Crippen MR) is 245 cm³/mol. The second-order valence-corrected chi connectivity index (χ2v) is 15.2. The molecule has 0 atom stereocenters. The number of hydrogen-bond acceptors (Lipinski definition) is 4. The highest BCUT2D eigenvalue weighted by Gasteiger charge is 2.51. The minimum Gasteiger partial charge on any atom is -0.491 e. The number of fused-ring (bicyclic) bond motifs is 10. The standard InChI is InChI=1S/C56H40N2O2/c1-59-54-52(57(39-20-6-2-7-21-39)40-22-8-3-9-23-40)36-37-53(58(41-24-10-4-11-25-41)42-26-12-5-13-27-42)55(54)60-43-34-35-47-46-30-16-19-33-50(46)56(51(47)38-43)48-31-17-14-28-44(48)45-29-15-18-32-49(45)56/h2-38H,1H3. The second-order valence-electron chi connectivity index (χ2n) is 15.2. The Morgan fingerprint density at radius 3 is 1.08 bits per heavy atom. The molecule has 0 heterocycles. The summed E-state index contributed by atoms with van der Waals surface area (Å²) in [7, 11) is 1.74. The topological polar surface area (TPSA) is 24.9 Å². The summed E-state index contributed by atoms with van der Waals surface area (Å²) in [5.41, 5.74) is 15.2. The number of para-hydroxylation sites is 4. The van der Waals surface area contributed by atoms with E-state index in [9.17, 15) is 0 Å². The maximum Gasteiger partial charge on any atom is 0.195 e. The van der Waals surface area contributed by atoms with Crippen LogP contribution in [-0.2, 0) is 5.41 Å². The largest absolute Gasteiger partial charge is 0.491 e. The van der Waals surface area contributed by atoms with Crippen LogP contribution in [-0.4, -0.2) is 7.11 Å². The van der Waals surface area contributed by atoms with E-state index in [1.54, 1.807) is 7.11 Å². The second kappa shape index (κ2) is 14.5. The molecule has 0 fully saturated rings. The lowest BCUT2D eigenvalue weighted by molar-refractivity contribution is 0.380. The van der Waals surface area contributed by atoms with Gasteiger partial charge in [0.1, 0.15) is 5.75 Å². The number of hydrogen-bond donors (Lipinski definition) is 0.